The molecule has 5 aromatic rings. The largest absolute Gasteiger partial charge is 0.358 e. The number of anilines is 1. The van der Waals surface area contributed by atoms with E-state index in [1.165, 1.54) is 24.5 Å². The summed E-state index contributed by atoms with van der Waals surface area (Å²) < 4.78 is 15.6. The van der Waals surface area contributed by atoms with Crippen molar-refractivity contribution in [2.24, 2.45) is 0 Å². The summed E-state index contributed by atoms with van der Waals surface area (Å²) in [6.07, 6.45) is 3.61. The van der Waals surface area contributed by atoms with Gasteiger partial charge in [-0.25, -0.2) is 24.3 Å². The topological polar surface area (TPSA) is 101 Å². The molecule has 5 rings (SSSR count). The van der Waals surface area contributed by atoms with Crippen LogP contribution in [0.15, 0.2) is 53.8 Å². The lowest BCUT2D eigenvalue weighted by Crippen LogP contribution is -2.29. The van der Waals surface area contributed by atoms with Crippen LogP contribution in [0.2, 0.25) is 0 Å². The molecule has 0 saturated carbocycles. The van der Waals surface area contributed by atoms with Gasteiger partial charge in [0.2, 0.25) is 0 Å². The number of hydrogen-bond donors (Lipinski definition) is 2. The maximum atomic E-state index is 14.0. The van der Waals surface area contributed by atoms with Crippen LogP contribution in [0.3, 0.4) is 0 Å². The van der Waals surface area contributed by atoms with Crippen molar-refractivity contribution < 1.29 is 4.39 Å². The number of aryl methyl sites for hydroxylation is 2. The molecular formula is C24H22FN7O. The molecule has 2 aromatic carbocycles. The van der Waals surface area contributed by atoms with Crippen LogP contribution < -0.4 is 10.9 Å². The van der Waals surface area contributed by atoms with E-state index >= 15 is 0 Å². The maximum Gasteiger partial charge on any atom is 0.266 e. The third-order valence-corrected chi connectivity index (χ3v) is 5.70. The third-order valence-electron chi connectivity index (χ3n) is 5.70. The normalized spacial score (nSPS) is 12.4. The molecule has 1 unspecified atom stereocenters. The Morgan fingerprint density at radius 1 is 1.12 bits per heavy atom. The summed E-state index contributed by atoms with van der Waals surface area (Å²) in [5.74, 6) is 0.596. The van der Waals surface area contributed by atoms with Crippen LogP contribution in [-0.2, 0) is 0 Å². The molecule has 0 spiro atoms. The highest BCUT2D eigenvalue weighted by molar-refractivity contribution is 5.82. The molecule has 0 fully saturated rings. The minimum absolute atomic E-state index is 0.228. The van der Waals surface area contributed by atoms with E-state index < -0.39 is 5.82 Å². The minimum atomic E-state index is -0.478. The number of hydrogen-bond acceptors (Lipinski definition) is 6. The fourth-order valence-electron chi connectivity index (χ4n) is 4.09. The predicted octanol–water partition coefficient (Wildman–Crippen LogP) is 4.37. The molecule has 3 aromatic heterocycles. The van der Waals surface area contributed by atoms with E-state index in [-0.39, 0.29) is 17.0 Å². The van der Waals surface area contributed by atoms with Crippen LogP contribution >= 0.6 is 0 Å². The Balaban J connectivity index is 1.75. The van der Waals surface area contributed by atoms with Crippen molar-refractivity contribution in [1.29, 1.82) is 0 Å². The molecule has 2 N–H and O–H groups in total. The first kappa shape index (κ1) is 20.7. The first-order valence-corrected chi connectivity index (χ1v) is 10.7. The summed E-state index contributed by atoms with van der Waals surface area (Å²) in [6, 6.07) is 9.57. The van der Waals surface area contributed by atoms with E-state index in [4.69, 9.17) is 4.98 Å². The van der Waals surface area contributed by atoms with Gasteiger partial charge in [-0.1, -0.05) is 24.6 Å². The second-order valence-electron chi connectivity index (χ2n) is 7.99. The quantitative estimate of drug-likeness (QED) is 0.418. The lowest BCUT2D eigenvalue weighted by atomic mass is 10.1. The summed E-state index contributed by atoms with van der Waals surface area (Å²) in [6.45, 7) is 5.94. The smallest absolute Gasteiger partial charge is 0.266 e. The van der Waals surface area contributed by atoms with E-state index in [2.05, 4.69) is 25.3 Å². The number of benzene rings is 2. The van der Waals surface area contributed by atoms with Gasteiger partial charge in [-0.3, -0.25) is 9.36 Å². The standard InChI is InChI=1S/C24H22FN7O/c1-4-17(30-22-20-21(27-11-26-20)28-12-29-22)23-31-18-7-6-15(25)10-16(18)24(33)32(23)19-8-5-13(2)9-14(19)3/h5-12,17H,4H2,1-3H3,(H2,26,27,28,29,30). The van der Waals surface area contributed by atoms with Crippen molar-refractivity contribution in [3.8, 4) is 5.69 Å². The fraction of sp³-hybridized carbons (Fsp3) is 0.208. The zero-order chi connectivity index (χ0) is 23.1. The van der Waals surface area contributed by atoms with E-state index in [1.54, 1.807) is 10.9 Å². The molecule has 0 aliphatic heterocycles. The summed E-state index contributed by atoms with van der Waals surface area (Å²) in [7, 11) is 0. The Labute approximate surface area is 188 Å². The van der Waals surface area contributed by atoms with Crippen LogP contribution in [0, 0.1) is 19.7 Å². The number of imidazole rings is 1. The fourth-order valence-corrected chi connectivity index (χ4v) is 4.09. The molecule has 9 heteroatoms. The second kappa shape index (κ2) is 8.09. The third kappa shape index (κ3) is 3.61. The highest BCUT2D eigenvalue weighted by Gasteiger charge is 2.22. The molecule has 8 nitrogen and oxygen atoms in total. The number of aromatic nitrogens is 6. The van der Waals surface area contributed by atoms with Crippen molar-refractivity contribution in [2.75, 3.05) is 5.32 Å². The molecule has 1 atom stereocenters. The molecule has 166 valence electrons. The molecule has 3 heterocycles. The molecule has 0 aliphatic carbocycles. The summed E-state index contributed by atoms with van der Waals surface area (Å²) in [4.78, 5) is 34.2. The molecule has 33 heavy (non-hydrogen) atoms. The van der Waals surface area contributed by atoms with Gasteiger partial charge in [-0.05, 0) is 50.1 Å². The number of fused-ring (bicyclic) bond motifs is 2. The van der Waals surface area contributed by atoms with Crippen molar-refractivity contribution in [3.63, 3.8) is 0 Å². The average molecular weight is 443 g/mol. The SMILES string of the molecule is CCC(Nc1ncnc2nc[nH]c12)c1nc2ccc(F)cc2c(=O)n1-c1ccc(C)cc1C. The van der Waals surface area contributed by atoms with Gasteiger partial charge in [-0.15, -0.1) is 0 Å². The van der Waals surface area contributed by atoms with Crippen LogP contribution in [0.25, 0.3) is 27.8 Å². The summed E-state index contributed by atoms with van der Waals surface area (Å²) in [5, 5.41) is 3.63. The maximum absolute atomic E-state index is 14.0. The van der Waals surface area contributed by atoms with Gasteiger partial charge >= 0.3 is 0 Å². The monoisotopic (exact) mass is 443 g/mol. The molecule has 0 saturated heterocycles. The van der Waals surface area contributed by atoms with E-state index in [9.17, 15) is 9.18 Å². The Morgan fingerprint density at radius 3 is 2.76 bits per heavy atom. The van der Waals surface area contributed by atoms with Gasteiger partial charge in [0.15, 0.2) is 11.5 Å². The van der Waals surface area contributed by atoms with Gasteiger partial charge in [0, 0.05) is 0 Å². The number of nitrogens with zero attached hydrogens (tertiary/aromatic N) is 5. The van der Waals surface area contributed by atoms with Crippen LogP contribution in [0.4, 0.5) is 10.2 Å². The van der Waals surface area contributed by atoms with Gasteiger partial charge in [0.25, 0.3) is 5.56 Å². The van der Waals surface area contributed by atoms with Crippen LogP contribution in [-0.4, -0.2) is 29.5 Å². The van der Waals surface area contributed by atoms with E-state index in [0.717, 1.165) is 11.1 Å². The first-order valence-electron chi connectivity index (χ1n) is 10.7. The number of aromatic amines is 1. The molecule has 0 aliphatic rings. The molecule has 0 bridgehead atoms. The Morgan fingerprint density at radius 2 is 1.97 bits per heavy atom. The molecular weight excluding hydrogens is 421 g/mol. The van der Waals surface area contributed by atoms with Gasteiger partial charge in [-0.2, -0.15) is 0 Å². The summed E-state index contributed by atoms with van der Waals surface area (Å²) in [5.41, 5.74) is 4.02. The zero-order valence-corrected chi connectivity index (χ0v) is 18.4. The lowest BCUT2D eigenvalue weighted by Gasteiger charge is -2.23. The van der Waals surface area contributed by atoms with Crippen molar-refractivity contribution >= 4 is 27.9 Å². The van der Waals surface area contributed by atoms with Crippen molar-refractivity contribution in [3.05, 3.63) is 82.2 Å². The number of halogens is 1. The number of H-pyrrole nitrogens is 1. The second-order valence-corrected chi connectivity index (χ2v) is 7.99. The Hall–Kier alpha value is -4.14. The zero-order valence-electron chi connectivity index (χ0n) is 18.4. The van der Waals surface area contributed by atoms with Gasteiger partial charge in [0.05, 0.1) is 29.0 Å². The van der Waals surface area contributed by atoms with Crippen molar-refractivity contribution in [2.45, 2.75) is 33.2 Å². The predicted molar refractivity (Wildman–Crippen MR) is 125 cm³/mol. The number of rotatable bonds is 5. The molecule has 0 amide bonds. The number of nitrogens with one attached hydrogen (secondary N) is 2. The minimum Gasteiger partial charge on any atom is -0.358 e. The Bertz CT molecular complexity index is 1560. The van der Waals surface area contributed by atoms with Crippen molar-refractivity contribution in [1.82, 2.24) is 29.5 Å². The van der Waals surface area contributed by atoms with Gasteiger partial charge < -0.3 is 10.3 Å². The van der Waals surface area contributed by atoms with E-state index in [0.29, 0.717) is 40.4 Å². The first-order chi connectivity index (χ1) is 16.0. The van der Waals surface area contributed by atoms with Gasteiger partial charge in [0.1, 0.15) is 23.5 Å². The lowest BCUT2D eigenvalue weighted by molar-refractivity contribution is 0.628. The summed E-state index contributed by atoms with van der Waals surface area (Å²) >= 11 is 0. The Kier molecular flexibility index (Phi) is 5.08. The average Bonchev–Trinajstić information content (AvgIpc) is 3.28. The highest BCUT2D eigenvalue weighted by atomic mass is 19.1. The van der Waals surface area contributed by atoms with E-state index in [1.807, 2.05) is 39.0 Å². The van der Waals surface area contributed by atoms with Crippen LogP contribution in [0.1, 0.15) is 36.3 Å². The van der Waals surface area contributed by atoms with Crippen LogP contribution in [0.5, 0.6) is 0 Å². The highest BCUT2D eigenvalue weighted by Crippen LogP contribution is 2.27. The molecule has 0 radical (unpaired) electrons.